The maximum atomic E-state index is 11.7. The third kappa shape index (κ3) is 3.67. The van der Waals surface area contributed by atoms with E-state index in [0.717, 1.165) is 19.3 Å². The smallest absolute Gasteiger partial charge is 0.328 e. The van der Waals surface area contributed by atoms with Crippen LogP contribution in [0.1, 0.15) is 25.7 Å². The Hall–Kier alpha value is -1.14. The normalized spacial score (nSPS) is 19.2. The van der Waals surface area contributed by atoms with Crippen molar-refractivity contribution in [3.05, 3.63) is 0 Å². The Morgan fingerprint density at radius 2 is 2.18 bits per heavy atom. The largest absolute Gasteiger partial charge is 0.480 e. The standard InChI is InChI=1S/C11H20N2O4/c1-17-6-8(10(15)16)13-9(14)5-11(7-12)3-2-4-11/h8H,2-7,12H2,1H3,(H,13,14)(H,15,16). The fourth-order valence-electron chi connectivity index (χ4n) is 2.06. The van der Waals surface area contributed by atoms with Gasteiger partial charge < -0.3 is 20.9 Å². The van der Waals surface area contributed by atoms with E-state index in [0.29, 0.717) is 13.0 Å². The molecule has 1 atom stereocenters. The van der Waals surface area contributed by atoms with Gasteiger partial charge in [-0.15, -0.1) is 0 Å². The van der Waals surface area contributed by atoms with E-state index in [-0.39, 0.29) is 17.9 Å². The quantitative estimate of drug-likeness (QED) is 0.571. The maximum Gasteiger partial charge on any atom is 0.328 e. The van der Waals surface area contributed by atoms with Gasteiger partial charge >= 0.3 is 5.97 Å². The van der Waals surface area contributed by atoms with Gasteiger partial charge in [0.25, 0.3) is 0 Å². The van der Waals surface area contributed by atoms with Gasteiger partial charge in [0.1, 0.15) is 0 Å². The summed E-state index contributed by atoms with van der Waals surface area (Å²) < 4.78 is 4.74. The lowest BCUT2D eigenvalue weighted by Crippen LogP contribution is -2.48. The number of rotatable bonds is 7. The third-order valence-corrected chi connectivity index (χ3v) is 3.35. The zero-order chi connectivity index (χ0) is 12.9. The summed E-state index contributed by atoms with van der Waals surface area (Å²) in [5, 5.41) is 11.3. The fraction of sp³-hybridized carbons (Fsp3) is 0.818. The van der Waals surface area contributed by atoms with Crippen molar-refractivity contribution in [1.82, 2.24) is 5.32 Å². The molecule has 1 amide bonds. The molecule has 0 spiro atoms. The molecule has 1 aliphatic rings. The Kier molecular flexibility index (Phi) is 4.89. The topological polar surface area (TPSA) is 102 Å². The number of amides is 1. The summed E-state index contributed by atoms with van der Waals surface area (Å²) in [7, 11) is 1.40. The minimum atomic E-state index is -1.09. The van der Waals surface area contributed by atoms with Crippen LogP contribution in [0.2, 0.25) is 0 Å². The van der Waals surface area contributed by atoms with Crippen molar-refractivity contribution < 1.29 is 19.4 Å². The molecule has 0 aromatic heterocycles. The first-order chi connectivity index (χ1) is 8.03. The van der Waals surface area contributed by atoms with Crippen molar-refractivity contribution >= 4 is 11.9 Å². The maximum absolute atomic E-state index is 11.7. The van der Waals surface area contributed by atoms with Crippen molar-refractivity contribution in [3.63, 3.8) is 0 Å². The summed E-state index contributed by atoms with van der Waals surface area (Å²) in [4.78, 5) is 22.5. The van der Waals surface area contributed by atoms with Crippen molar-refractivity contribution in [2.75, 3.05) is 20.3 Å². The molecule has 0 aliphatic heterocycles. The van der Waals surface area contributed by atoms with E-state index in [1.807, 2.05) is 0 Å². The van der Waals surface area contributed by atoms with Gasteiger partial charge in [0, 0.05) is 13.5 Å². The molecule has 0 radical (unpaired) electrons. The highest BCUT2D eigenvalue weighted by atomic mass is 16.5. The first-order valence-electron chi connectivity index (χ1n) is 5.74. The Balaban J connectivity index is 2.44. The summed E-state index contributed by atoms with van der Waals surface area (Å²) >= 11 is 0. The number of aliphatic carboxylic acids is 1. The predicted octanol–water partition coefficient (Wildman–Crippen LogP) is -0.279. The third-order valence-electron chi connectivity index (χ3n) is 3.35. The number of carboxylic acids is 1. The molecule has 98 valence electrons. The summed E-state index contributed by atoms with van der Waals surface area (Å²) in [6.07, 6.45) is 3.28. The van der Waals surface area contributed by atoms with Crippen LogP contribution in [-0.4, -0.2) is 43.3 Å². The van der Waals surface area contributed by atoms with Gasteiger partial charge in [-0.1, -0.05) is 6.42 Å². The number of carbonyl (C=O) groups excluding carboxylic acids is 1. The molecule has 1 unspecified atom stereocenters. The number of hydrogen-bond donors (Lipinski definition) is 3. The van der Waals surface area contributed by atoms with Crippen LogP contribution in [0.25, 0.3) is 0 Å². The molecule has 0 heterocycles. The van der Waals surface area contributed by atoms with Crippen LogP contribution in [-0.2, 0) is 14.3 Å². The van der Waals surface area contributed by atoms with Crippen molar-refractivity contribution in [2.24, 2.45) is 11.1 Å². The van der Waals surface area contributed by atoms with Crippen molar-refractivity contribution in [3.8, 4) is 0 Å². The molecular formula is C11H20N2O4. The van der Waals surface area contributed by atoms with Crippen LogP contribution in [0.3, 0.4) is 0 Å². The lowest BCUT2D eigenvalue weighted by Gasteiger charge is -2.40. The number of carbonyl (C=O) groups is 2. The van der Waals surface area contributed by atoms with Crippen LogP contribution < -0.4 is 11.1 Å². The number of nitrogens with one attached hydrogen (secondary N) is 1. The molecule has 1 aliphatic carbocycles. The Bertz CT molecular complexity index is 284. The van der Waals surface area contributed by atoms with Crippen molar-refractivity contribution in [1.29, 1.82) is 0 Å². The van der Waals surface area contributed by atoms with Gasteiger partial charge in [-0.3, -0.25) is 4.79 Å². The number of nitrogens with two attached hydrogens (primary N) is 1. The summed E-state index contributed by atoms with van der Waals surface area (Å²) in [6.45, 7) is 0.444. The lowest BCUT2D eigenvalue weighted by molar-refractivity contribution is -0.143. The lowest BCUT2D eigenvalue weighted by atomic mass is 9.66. The molecule has 0 bridgehead atoms. The molecule has 6 nitrogen and oxygen atoms in total. The highest BCUT2D eigenvalue weighted by Gasteiger charge is 2.38. The van der Waals surface area contributed by atoms with E-state index < -0.39 is 12.0 Å². The summed E-state index contributed by atoms with van der Waals surface area (Å²) in [6, 6.07) is -0.984. The van der Waals surface area contributed by atoms with Crippen LogP contribution >= 0.6 is 0 Å². The molecule has 6 heteroatoms. The molecular weight excluding hydrogens is 224 g/mol. The molecule has 0 saturated heterocycles. The first kappa shape index (κ1) is 13.9. The predicted molar refractivity (Wildman–Crippen MR) is 61.4 cm³/mol. The second kappa shape index (κ2) is 5.97. The summed E-state index contributed by atoms with van der Waals surface area (Å²) in [5.74, 6) is -1.35. The molecule has 0 aromatic carbocycles. The molecule has 4 N–H and O–H groups in total. The molecule has 1 fully saturated rings. The highest BCUT2D eigenvalue weighted by Crippen LogP contribution is 2.42. The number of ether oxygens (including phenoxy) is 1. The number of hydrogen-bond acceptors (Lipinski definition) is 4. The zero-order valence-corrected chi connectivity index (χ0v) is 10.1. The first-order valence-corrected chi connectivity index (χ1v) is 5.74. The van der Waals surface area contributed by atoms with E-state index in [9.17, 15) is 9.59 Å². The van der Waals surface area contributed by atoms with Gasteiger partial charge in [-0.25, -0.2) is 4.79 Å². The van der Waals surface area contributed by atoms with Gasteiger partial charge in [-0.2, -0.15) is 0 Å². The minimum Gasteiger partial charge on any atom is -0.480 e. The van der Waals surface area contributed by atoms with E-state index >= 15 is 0 Å². The zero-order valence-electron chi connectivity index (χ0n) is 10.1. The van der Waals surface area contributed by atoms with E-state index in [1.165, 1.54) is 7.11 Å². The summed E-state index contributed by atoms with van der Waals surface area (Å²) in [5.41, 5.74) is 5.53. The number of methoxy groups -OCH3 is 1. The van der Waals surface area contributed by atoms with Crippen LogP contribution in [0.4, 0.5) is 0 Å². The van der Waals surface area contributed by atoms with Gasteiger partial charge in [0.15, 0.2) is 6.04 Å². The van der Waals surface area contributed by atoms with Crippen LogP contribution in [0, 0.1) is 5.41 Å². The SMILES string of the molecule is COCC(NC(=O)CC1(CN)CCC1)C(=O)O. The molecule has 17 heavy (non-hydrogen) atoms. The van der Waals surface area contributed by atoms with Crippen LogP contribution in [0.5, 0.6) is 0 Å². The van der Waals surface area contributed by atoms with Gasteiger partial charge in [0.05, 0.1) is 6.61 Å². The van der Waals surface area contributed by atoms with Crippen LogP contribution in [0.15, 0.2) is 0 Å². The Labute approximate surface area is 101 Å². The second-order valence-electron chi connectivity index (χ2n) is 4.65. The Morgan fingerprint density at radius 1 is 1.53 bits per heavy atom. The fourth-order valence-corrected chi connectivity index (χ4v) is 2.06. The van der Waals surface area contributed by atoms with E-state index in [1.54, 1.807) is 0 Å². The molecule has 0 aromatic rings. The monoisotopic (exact) mass is 244 g/mol. The number of carboxylic acid groups (broad SMARTS) is 1. The van der Waals surface area contributed by atoms with Gasteiger partial charge in [-0.05, 0) is 24.8 Å². The highest BCUT2D eigenvalue weighted by molar-refractivity contribution is 5.84. The minimum absolute atomic E-state index is 0.0311. The van der Waals surface area contributed by atoms with E-state index in [4.69, 9.17) is 15.6 Å². The Morgan fingerprint density at radius 3 is 2.53 bits per heavy atom. The molecule has 1 saturated carbocycles. The average molecular weight is 244 g/mol. The molecule has 1 rings (SSSR count). The van der Waals surface area contributed by atoms with Crippen molar-refractivity contribution in [2.45, 2.75) is 31.7 Å². The van der Waals surface area contributed by atoms with E-state index in [2.05, 4.69) is 5.32 Å². The van der Waals surface area contributed by atoms with Gasteiger partial charge in [0.2, 0.25) is 5.91 Å². The second-order valence-corrected chi connectivity index (χ2v) is 4.65. The average Bonchev–Trinajstić information content (AvgIpc) is 2.22.